The minimum Gasteiger partial charge on any atom is -0.463 e. The standard InChI is InChI=1S/C23H25NO6S/c1-12-8-17-20(21-19(12)16(10-29-21)23(3,4)5)13(2)15(22(26)30-17)9-18(25)24-14-6-7-31(27,28)11-14/h6-8,10,14H,9,11H2,1-5H3,(H,24,25)/t14-/m1/s1. The molecule has 0 bridgehead atoms. The van der Waals surface area contributed by atoms with Gasteiger partial charge < -0.3 is 14.2 Å². The quantitative estimate of drug-likeness (QED) is 0.622. The molecule has 1 atom stereocenters. The molecule has 0 unspecified atom stereocenters. The Morgan fingerprint density at radius 3 is 2.55 bits per heavy atom. The van der Waals surface area contributed by atoms with Gasteiger partial charge in [0, 0.05) is 16.4 Å². The molecule has 1 aromatic carbocycles. The first-order valence-corrected chi connectivity index (χ1v) is 11.8. The molecule has 0 spiro atoms. The molecule has 0 aliphatic carbocycles. The fourth-order valence-electron chi connectivity index (χ4n) is 4.13. The number of benzene rings is 1. The summed E-state index contributed by atoms with van der Waals surface area (Å²) in [6.07, 6.45) is 2.96. The van der Waals surface area contributed by atoms with Crippen molar-refractivity contribution >= 4 is 37.7 Å². The summed E-state index contributed by atoms with van der Waals surface area (Å²) in [5, 5.41) is 5.39. The lowest BCUT2D eigenvalue weighted by Gasteiger charge is -2.17. The average molecular weight is 444 g/mol. The Morgan fingerprint density at radius 2 is 1.94 bits per heavy atom. The summed E-state index contributed by atoms with van der Waals surface area (Å²) in [5.74, 6) is -0.619. The van der Waals surface area contributed by atoms with Gasteiger partial charge in [-0.2, -0.15) is 0 Å². The molecule has 0 fully saturated rings. The Balaban J connectivity index is 1.78. The molecule has 7 nitrogen and oxygen atoms in total. The van der Waals surface area contributed by atoms with Gasteiger partial charge in [-0.05, 0) is 42.5 Å². The first-order chi connectivity index (χ1) is 14.4. The van der Waals surface area contributed by atoms with Crippen LogP contribution in [0.4, 0.5) is 0 Å². The number of rotatable bonds is 3. The van der Waals surface area contributed by atoms with Crippen molar-refractivity contribution in [1.29, 1.82) is 0 Å². The number of carbonyl (C=O) groups excluding carboxylic acids is 1. The van der Waals surface area contributed by atoms with E-state index in [4.69, 9.17) is 8.83 Å². The van der Waals surface area contributed by atoms with Crippen LogP contribution in [0.25, 0.3) is 21.9 Å². The van der Waals surface area contributed by atoms with Crippen LogP contribution in [0.1, 0.15) is 43.0 Å². The fraction of sp³-hybridized carbons (Fsp3) is 0.391. The Labute approximate surface area is 180 Å². The van der Waals surface area contributed by atoms with E-state index in [1.807, 2.05) is 13.0 Å². The van der Waals surface area contributed by atoms with Crippen LogP contribution < -0.4 is 10.9 Å². The number of aryl methyl sites for hydroxylation is 2. The number of hydrogen-bond donors (Lipinski definition) is 1. The summed E-state index contributed by atoms with van der Waals surface area (Å²) >= 11 is 0. The predicted octanol–water partition coefficient (Wildman–Crippen LogP) is 3.42. The Morgan fingerprint density at radius 1 is 1.23 bits per heavy atom. The molecule has 3 heterocycles. The highest BCUT2D eigenvalue weighted by atomic mass is 32.2. The van der Waals surface area contributed by atoms with Crippen LogP contribution >= 0.6 is 0 Å². The van der Waals surface area contributed by atoms with Crippen molar-refractivity contribution in [3.8, 4) is 0 Å². The van der Waals surface area contributed by atoms with Gasteiger partial charge in [0.1, 0.15) is 11.2 Å². The average Bonchev–Trinajstić information content (AvgIpc) is 3.22. The van der Waals surface area contributed by atoms with Crippen molar-refractivity contribution in [2.75, 3.05) is 5.75 Å². The van der Waals surface area contributed by atoms with E-state index in [1.54, 1.807) is 13.2 Å². The molecule has 4 rings (SSSR count). The molecule has 1 N–H and O–H groups in total. The van der Waals surface area contributed by atoms with E-state index >= 15 is 0 Å². The minimum atomic E-state index is -3.29. The summed E-state index contributed by atoms with van der Waals surface area (Å²) in [4.78, 5) is 25.2. The van der Waals surface area contributed by atoms with Gasteiger partial charge in [-0.25, -0.2) is 13.2 Å². The monoisotopic (exact) mass is 443 g/mol. The third-order valence-corrected chi connectivity index (χ3v) is 7.10. The topological polar surface area (TPSA) is 107 Å². The molecule has 8 heteroatoms. The first-order valence-electron chi connectivity index (χ1n) is 10.1. The zero-order valence-electron chi connectivity index (χ0n) is 18.2. The zero-order valence-corrected chi connectivity index (χ0v) is 19.0. The van der Waals surface area contributed by atoms with Crippen molar-refractivity contribution in [3.05, 3.63) is 56.5 Å². The number of furan rings is 1. The summed E-state index contributed by atoms with van der Waals surface area (Å²) in [7, 11) is -3.29. The van der Waals surface area contributed by atoms with Crippen LogP contribution in [0.5, 0.6) is 0 Å². The molecule has 3 aromatic rings. The van der Waals surface area contributed by atoms with Crippen LogP contribution in [0.3, 0.4) is 0 Å². The normalized spacial score (nSPS) is 18.2. The molecule has 31 heavy (non-hydrogen) atoms. The first kappa shape index (κ1) is 21.4. The van der Waals surface area contributed by atoms with Gasteiger partial charge in [0.15, 0.2) is 9.84 Å². The third kappa shape index (κ3) is 3.80. The lowest BCUT2D eigenvalue weighted by atomic mass is 9.85. The largest absolute Gasteiger partial charge is 0.463 e. The Bertz CT molecular complexity index is 1420. The van der Waals surface area contributed by atoms with Crippen LogP contribution in [0.15, 0.2) is 37.4 Å². The SMILES string of the molecule is Cc1cc2oc(=O)c(CC(=O)N[C@@H]3C=CS(=O)(=O)C3)c(C)c2c2occ(C(C)(C)C)c12. The van der Waals surface area contributed by atoms with Crippen molar-refractivity contribution < 1.29 is 22.0 Å². The van der Waals surface area contributed by atoms with E-state index in [0.29, 0.717) is 22.1 Å². The van der Waals surface area contributed by atoms with E-state index < -0.39 is 27.4 Å². The van der Waals surface area contributed by atoms with Gasteiger partial charge in [-0.3, -0.25) is 4.79 Å². The number of fused-ring (bicyclic) bond motifs is 3. The summed E-state index contributed by atoms with van der Waals surface area (Å²) in [6.45, 7) is 10.0. The molecule has 1 aliphatic heterocycles. The maximum Gasteiger partial charge on any atom is 0.340 e. The Kier molecular flexibility index (Phi) is 4.88. The Hall–Kier alpha value is -2.87. The van der Waals surface area contributed by atoms with Gasteiger partial charge in [0.2, 0.25) is 5.91 Å². The smallest absolute Gasteiger partial charge is 0.340 e. The molecule has 1 aliphatic rings. The van der Waals surface area contributed by atoms with Crippen LogP contribution in [-0.2, 0) is 26.5 Å². The molecule has 1 amide bonds. The van der Waals surface area contributed by atoms with Crippen LogP contribution in [0, 0.1) is 13.8 Å². The molecular weight excluding hydrogens is 418 g/mol. The van der Waals surface area contributed by atoms with Gasteiger partial charge >= 0.3 is 5.63 Å². The maximum absolute atomic E-state index is 12.7. The molecular formula is C23H25NO6S. The lowest BCUT2D eigenvalue weighted by molar-refractivity contribution is -0.120. The summed E-state index contributed by atoms with van der Waals surface area (Å²) in [5.41, 5.74) is 3.18. The second kappa shape index (κ2) is 7.09. The van der Waals surface area contributed by atoms with Crippen molar-refractivity contribution in [1.82, 2.24) is 5.32 Å². The van der Waals surface area contributed by atoms with Gasteiger partial charge in [0.25, 0.3) is 0 Å². The summed E-state index contributed by atoms with van der Waals surface area (Å²) in [6, 6.07) is 1.23. The van der Waals surface area contributed by atoms with Crippen molar-refractivity contribution in [2.45, 2.75) is 52.5 Å². The molecule has 0 saturated heterocycles. The number of sulfone groups is 1. The van der Waals surface area contributed by atoms with Crippen molar-refractivity contribution in [3.63, 3.8) is 0 Å². The maximum atomic E-state index is 12.7. The molecule has 2 aromatic heterocycles. The lowest BCUT2D eigenvalue weighted by Crippen LogP contribution is -2.37. The third-order valence-electron chi connectivity index (χ3n) is 5.70. The highest BCUT2D eigenvalue weighted by molar-refractivity contribution is 7.94. The van der Waals surface area contributed by atoms with Crippen molar-refractivity contribution in [2.24, 2.45) is 0 Å². The second-order valence-corrected chi connectivity index (χ2v) is 11.1. The summed E-state index contributed by atoms with van der Waals surface area (Å²) < 4.78 is 34.6. The van der Waals surface area contributed by atoms with E-state index in [9.17, 15) is 18.0 Å². The molecule has 0 radical (unpaired) electrons. The van der Waals surface area contributed by atoms with Gasteiger partial charge in [-0.15, -0.1) is 0 Å². The van der Waals surface area contributed by atoms with E-state index in [-0.39, 0.29) is 23.2 Å². The number of nitrogens with one attached hydrogen (secondary N) is 1. The molecule has 164 valence electrons. The zero-order chi connectivity index (χ0) is 22.7. The van der Waals surface area contributed by atoms with E-state index in [2.05, 4.69) is 26.1 Å². The van der Waals surface area contributed by atoms with E-state index in [1.165, 1.54) is 6.08 Å². The minimum absolute atomic E-state index is 0.134. The van der Waals surface area contributed by atoms with Crippen LogP contribution in [0.2, 0.25) is 0 Å². The predicted molar refractivity (Wildman–Crippen MR) is 119 cm³/mol. The number of amides is 1. The van der Waals surface area contributed by atoms with Crippen LogP contribution in [-0.4, -0.2) is 26.1 Å². The number of hydrogen-bond acceptors (Lipinski definition) is 6. The van der Waals surface area contributed by atoms with E-state index in [0.717, 1.165) is 21.9 Å². The van der Waals surface area contributed by atoms with Gasteiger partial charge in [0.05, 0.1) is 35.4 Å². The number of carbonyl (C=O) groups is 1. The fourth-order valence-corrected chi connectivity index (χ4v) is 5.36. The second-order valence-electron chi connectivity index (χ2n) is 9.17. The molecule has 0 saturated carbocycles. The highest BCUT2D eigenvalue weighted by Crippen LogP contribution is 2.38. The highest BCUT2D eigenvalue weighted by Gasteiger charge is 2.26. The van der Waals surface area contributed by atoms with Gasteiger partial charge in [-0.1, -0.05) is 20.8 Å².